The number of aromatic nitrogens is 5. The first kappa shape index (κ1) is 18.0. The van der Waals surface area contributed by atoms with Crippen molar-refractivity contribution in [2.24, 2.45) is 7.05 Å². The molecule has 0 N–H and O–H groups in total. The topological polar surface area (TPSA) is 56.5 Å². The summed E-state index contributed by atoms with van der Waals surface area (Å²) in [6.07, 6.45) is 3.32. The van der Waals surface area contributed by atoms with E-state index in [0.717, 1.165) is 43.2 Å². The Morgan fingerprint density at radius 1 is 0.966 bits per heavy atom. The number of hydrogen-bond donors (Lipinski definition) is 0. The summed E-state index contributed by atoms with van der Waals surface area (Å²) in [5, 5.41) is 1.87. The van der Waals surface area contributed by atoms with Crippen LogP contribution in [0.5, 0.6) is 0 Å². The fraction of sp³-hybridized carbons (Fsp3) is 0.0909. The second-order valence-corrected chi connectivity index (χ2v) is 8.44. The zero-order valence-corrected chi connectivity index (χ0v) is 17.3. The van der Waals surface area contributed by atoms with Crippen LogP contribution in [0.3, 0.4) is 0 Å². The smallest absolute Gasteiger partial charge is 0.169 e. The Kier molecular flexibility index (Phi) is 4.83. The normalized spacial score (nSPS) is 11.2. The van der Waals surface area contributed by atoms with Gasteiger partial charge in [-0.05, 0) is 5.56 Å². The Morgan fingerprint density at radius 2 is 1.72 bits per heavy atom. The molecule has 29 heavy (non-hydrogen) atoms. The quantitative estimate of drug-likeness (QED) is 0.358. The molecule has 0 bridgehead atoms. The zero-order valence-electron chi connectivity index (χ0n) is 15.7. The summed E-state index contributed by atoms with van der Waals surface area (Å²) in [5.74, 6) is 0.866. The van der Waals surface area contributed by atoms with Crippen LogP contribution in [0.25, 0.3) is 32.3 Å². The number of benzene rings is 2. The Morgan fingerprint density at radius 3 is 2.48 bits per heavy atom. The Hall–Kier alpha value is -3.03. The number of imidazole rings is 1. The number of fused-ring (bicyclic) bond motifs is 1. The standard InChI is InChI=1S/C22H17N5S2/c1-27-19(21-25-17-12-23-14-24-20(17)29-21)18(16-10-6-3-7-11-16)26-22(27)28-13-15-8-4-2-5-9-15/h2-12,14H,13H2,1H3. The molecule has 0 aliphatic rings. The van der Waals surface area contributed by atoms with E-state index in [-0.39, 0.29) is 0 Å². The molecule has 0 aliphatic heterocycles. The van der Waals surface area contributed by atoms with Gasteiger partial charge >= 0.3 is 0 Å². The molecule has 5 aromatic rings. The van der Waals surface area contributed by atoms with Gasteiger partial charge in [-0.25, -0.2) is 19.9 Å². The van der Waals surface area contributed by atoms with Crippen LogP contribution in [0.4, 0.5) is 0 Å². The second-order valence-electron chi connectivity index (χ2n) is 6.52. The van der Waals surface area contributed by atoms with Crippen LogP contribution in [0.15, 0.2) is 78.3 Å². The largest absolute Gasteiger partial charge is 0.320 e. The number of thiazole rings is 1. The van der Waals surface area contributed by atoms with E-state index in [9.17, 15) is 0 Å². The number of nitrogens with zero attached hydrogens (tertiary/aromatic N) is 5. The van der Waals surface area contributed by atoms with Crippen molar-refractivity contribution in [2.45, 2.75) is 10.9 Å². The zero-order chi connectivity index (χ0) is 19.6. The van der Waals surface area contributed by atoms with Crippen LogP contribution in [0.2, 0.25) is 0 Å². The van der Waals surface area contributed by atoms with Crippen LogP contribution in [0, 0.1) is 0 Å². The molecule has 0 amide bonds. The van der Waals surface area contributed by atoms with Gasteiger partial charge in [0.15, 0.2) is 5.16 Å². The average Bonchev–Trinajstić information content (AvgIpc) is 3.34. The molecule has 142 valence electrons. The molecule has 0 fully saturated rings. The Labute approximate surface area is 176 Å². The molecule has 0 unspecified atom stereocenters. The fourth-order valence-electron chi connectivity index (χ4n) is 3.16. The van der Waals surface area contributed by atoms with Gasteiger partial charge in [-0.2, -0.15) is 0 Å². The highest BCUT2D eigenvalue weighted by Crippen LogP contribution is 2.38. The minimum absolute atomic E-state index is 0.811. The van der Waals surface area contributed by atoms with Gasteiger partial charge in [0.05, 0.1) is 6.20 Å². The first-order chi connectivity index (χ1) is 14.3. The first-order valence-corrected chi connectivity index (χ1v) is 11.0. The average molecular weight is 416 g/mol. The molecule has 2 aromatic carbocycles. The van der Waals surface area contributed by atoms with Gasteiger partial charge in [0.1, 0.15) is 33.1 Å². The lowest BCUT2D eigenvalue weighted by molar-refractivity contribution is 0.796. The lowest BCUT2D eigenvalue weighted by Crippen LogP contribution is -1.95. The van der Waals surface area contributed by atoms with E-state index in [2.05, 4.69) is 58.0 Å². The summed E-state index contributed by atoms with van der Waals surface area (Å²) in [6.45, 7) is 0. The van der Waals surface area contributed by atoms with Crippen LogP contribution in [-0.2, 0) is 12.8 Å². The predicted molar refractivity (Wildman–Crippen MR) is 119 cm³/mol. The van der Waals surface area contributed by atoms with E-state index in [4.69, 9.17) is 9.97 Å². The molecule has 0 saturated carbocycles. The lowest BCUT2D eigenvalue weighted by atomic mass is 10.1. The molecule has 7 heteroatoms. The van der Waals surface area contributed by atoms with E-state index in [1.54, 1.807) is 35.6 Å². The molecule has 5 rings (SSSR count). The van der Waals surface area contributed by atoms with Gasteiger partial charge in [0.2, 0.25) is 0 Å². The lowest BCUT2D eigenvalue weighted by Gasteiger charge is -2.05. The predicted octanol–water partition coefficient (Wildman–Crippen LogP) is 5.45. The molecule has 0 atom stereocenters. The molecule has 0 saturated heterocycles. The monoisotopic (exact) mass is 415 g/mol. The maximum atomic E-state index is 5.00. The van der Waals surface area contributed by atoms with Gasteiger partial charge in [0, 0.05) is 18.4 Å². The maximum absolute atomic E-state index is 5.00. The molecular weight excluding hydrogens is 398 g/mol. The van der Waals surface area contributed by atoms with E-state index in [1.165, 1.54) is 5.56 Å². The van der Waals surface area contributed by atoms with Crippen LogP contribution < -0.4 is 0 Å². The summed E-state index contributed by atoms with van der Waals surface area (Å²) in [6, 6.07) is 20.7. The third-order valence-electron chi connectivity index (χ3n) is 4.59. The summed E-state index contributed by atoms with van der Waals surface area (Å²) in [7, 11) is 2.06. The van der Waals surface area contributed by atoms with Crippen molar-refractivity contribution in [3.63, 3.8) is 0 Å². The SMILES string of the molecule is Cn1c(SCc2ccccc2)nc(-c2ccccc2)c1-c1nc2cncnc2s1. The third kappa shape index (κ3) is 3.54. The molecule has 0 spiro atoms. The van der Waals surface area contributed by atoms with Crippen LogP contribution in [0.1, 0.15) is 5.56 Å². The molecule has 0 aliphatic carbocycles. The number of thioether (sulfide) groups is 1. The number of hydrogen-bond acceptors (Lipinski definition) is 6. The van der Waals surface area contributed by atoms with E-state index in [0.29, 0.717) is 0 Å². The summed E-state index contributed by atoms with van der Waals surface area (Å²) < 4.78 is 2.14. The molecule has 0 radical (unpaired) electrons. The van der Waals surface area contributed by atoms with Crippen LogP contribution >= 0.6 is 23.1 Å². The van der Waals surface area contributed by atoms with Crippen molar-refractivity contribution in [2.75, 3.05) is 0 Å². The van der Waals surface area contributed by atoms with Crippen molar-refractivity contribution in [1.82, 2.24) is 24.5 Å². The van der Waals surface area contributed by atoms with Crippen LogP contribution in [-0.4, -0.2) is 24.5 Å². The number of rotatable bonds is 5. The third-order valence-corrected chi connectivity index (χ3v) is 6.67. The highest BCUT2D eigenvalue weighted by atomic mass is 32.2. The van der Waals surface area contributed by atoms with Crippen molar-refractivity contribution < 1.29 is 0 Å². The van der Waals surface area contributed by atoms with Gasteiger partial charge in [-0.1, -0.05) is 83.8 Å². The highest BCUT2D eigenvalue weighted by Gasteiger charge is 2.21. The van der Waals surface area contributed by atoms with Gasteiger partial charge in [0.25, 0.3) is 0 Å². The second kappa shape index (κ2) is 7.77. The molecule has 3 aromatic heterocycles. The maximum Gasteiger partial charge on any atom is 0.169 e. The van der Waals surface area contributed by atoms with Crippen molar-refractivity contribution in [1.29, 1.82) is 0 Å². The minimum Gasteiger partial charge on any atom is -0.320 e. The summed E-state index contributed by atoms with van der Waals surface area (Å²) >= 11 is 3.30. The molecule has 5 nitrogen and oxygen atoms in total. The van der Waals surface area contributed by atoms with Crippen molar-refractivity contribution >= 4 is 33.4 Å². The van der Waals surface area contributed by atoms with Gasteiger partial charge in [-0.15, -0.1) is 0 Å². The first-order valence-electron chi connectivity index (χ1n) is 9.15. The van der Waals surface area contributed by atoms with E-state index < -0.39 is 0 Å². The minimum atomic E-state index is 0.811. The summed E-state index contributed by atoms with van der Waals surface area (Å²) in [5.41, 5.74) is 5.12. The summed E-state index contributed by atoms with van der Waals surface area (Å²) in [4.78, 5) is 19.1. The highest BCUT2D eigenvalue weighted by molar-refractivity contribution is 7.98. The Balaban J connectivity index is 1.61. The fourth-order valence-corrected chi connectivity index (χ4v) is 5.05. The van der Waals surface area contributed by atoms with E-state index in [1.807, 2.05) is 24.3 Å². The molecule has 3 heterocycles. The van der Waals surface area contributed by atoms with Crippen molar-refractivity contribution in [3.05, 3.63) is 78.8 Å². The van der Waals surface area contributed by atoms with Gasteiger partial charge in [-0.3, -0.25) is 0 Å². The molecular formula is C22H17N5S2. The Bertz CT molecular complexity index is 1230. The van der Waals surface area contributed by atoms with Gasteiger partial charge < -0.3 is 4.57 Å². The van der Waals surface area contributed by atoms with E-state index >= 15 is 0 Å². The van der Waals surface area contributed by atoms with Crippen molar-refractivity contribution in [3.8, 4) is 22.0 Å².